The zero-order valence-electron chi connectivity index (χ0n) is 13.5. The van der Waals surface area contributed by atoms with Gasteiger partial charge in [0.2, 0.25) is 0 Å². The van der Waals surface area contributed by atoms with Crippen molar-refractivity contribution in [3.05, 3.63) is 28.2 Å². The molecule has 2 unspecified atom stereocenters. The molecule has 0 spiro atoms. The molecule has 0 saturated heterocycles. The number of carbonyl (C=O) groups is 1. The van der Waals surface area contributed by atoms with Crippen molar-refractivity contribution in [2.75, 3.05) is 13.2 Å². The fraction of sp³-hybridized carbons (Fsp3) is 0.562. The molecule has 2 atom stereocenters. The number of aliphatic hydroxyl groups is 2. The standard InChI is InChI=1S/C16H23Cl2NO4/c1-16(2,3)14(21)7-12(8-20)19-15(22)9-23-13-5-10(17)4-11(18)6-13/h4-6,12,14,20-21H,7-9H2,1-3H3,(H,19,22). The lowest BCUT2D eigenvalue weighted by molar-refractivity contribution is -0.124. The van der Waals surface area contributed by atoms with Crippen LogP contribution in [0.2, 0.25) is 10.0 Å². The molecule has 0 fully saturated rings. The Hall–Kier alpha value is -1.01. The minimum atomic E-state index is -0.646. The Morgan fingerprint density at radius 2 is 1.83 bits per heavy atom. The smallest absolute Gasteiger partial charge is 0.258 e. The van der Waals surface area contributed by atoms with E-state index in [2.05, 4.69) is 5.32 Å². The number of amides is 1. The van der Waals surface area contributed by atoms with Crippen molar-refractivity contribution in [3.63, 3.8) is 0 Å². The van der Waals surface area contributed by atoms with E-state index in [4.69, 9.17) is 27.9 Å². The summed E-state index contributed by atoms with van der Waals surface area (Å²) in [6, 6.07) is 4.12. The van der Waals surface area contributed by atoms with Crippen LogP contribution < -0.4 is 10.1 Å². The van der Waals surface area contributed by atoms with Crippen LogP contribution in [0.1, 0.15) is 27.2 Å². The second kappa shape index (κ2) is 8.73. The van der Waals surface area contributed by atoms with Gasteiger partial charge in [-0.3, -0.25) is 4.79 Å². The molecule has 0 bridgehead atoms. The highest BCUT2D eigenvalue weighted by atomic mass is 35.5. The SMILES string of the molecule is CC(C)(C)C(O)CC(CO)NC(=O)COc1cc(Cl)cc(Cl)c1. The first-order valence-electron chi connectivity index (χ1n) is 7.29. The van der Waals surface area contributed by atoms with Gasteiger partial charge in [-0.05, 0) is 30.0 Å². The summed E-state index contributed by atoms with van der Waals surface area (Å²) >= 11 is 11.7. The largest absolute Gasteiger partial charge is 0.484 e. The van der Waals surface area contributed by atoms with Gasteiger partial charge in [0.25, 0.3) is 5.91 Å². The highest BCUT2D eigenvalue weighted by Gasteiger charge is 2.26. The molecule has 0 aliphatic heterocycles. The maximum atomic E-state index is 11.9. The van der Waals surface area contributed by atoms with Gasteiger partial charge in [-0.15, -0.1) is 0 Å². The predicted octanol–water partition coefficient (Wildman–Crippen LogP) is 2.65. The highest BCUT2D eigenvalue weighted by molar-refractivity contribution is 6.34. The lowest BCUT2D eigenvalue weighted by Crippen LogP contribution is -2.44. The Bertz CT molecular complexity index is 511. The van der Waals surface area contributed by atoms with Gasteiger partial charge in [-0.2, -0.15) is 0 Å². The van der Waals surface area contributed by atoms with Crippen molar-refractivity contribution < 1.29 is 19.7 Å². The molecule has 1 amide bonds. The van der Waals surface area contributed by atoms with Gasteiger partial charge < -0.3 is 20.3 Å². The van der Waals surface area contributed by atoms with E-state index in [0.717, 1.165) is 0 Å². The van der Waals surface area contributed by atoms with Gasteiger partial charge >= 0.3 is 0 Å². The predicted molar refractivity (Wildman–Crippen MR) is 91.1 cm³/mol. The summed E-state index contributed by atoms with van der Waals surface area (Å²) in [7, 11) is 0. The molecule has 0 aromatic heterocycles. The molecule has 23 heavy (non-hydrogen) atoms. The molecule has 0 radical (unpaired) electrons. The molecule has 0 heterocycles. The Kier molecular flexibility index (Phi) is 7.61. The number of rotatable bonds is 7. The minimum Gasteiger partial charge on any atom is -0.484 e. The average Bonchev–Trinajstić information content (AvgIpc) is 2.42. The Balaban J connectivity index is 2.50. The fourth-order valence-electron chi connectivity index (χ4n) is 1.83. The highest BCUT2D eigenvalue weighted by Crippen LogP contribution is 2.24. The normalized spacial score (nSPS) is 14.2. The van der Waals surface area contributed by atoms with Crippen LogP contribution in [0.25, 0.3) is 0 Å². The van der Waals surface area contributed by atoms with Gasteiger partial charge in [-0.25, -0.2) is 0 Å². The number of carbonyl (C=O) groups excluding carboxylic acids is 1. The molecule has 1 aromatic rings. The van der Waals surface area contributed by atoms with Gasteiger partial charge in [0.1, 0.15) is 5.75 Å². The second-order valence-corrected chi connectivity index (χ2v) is 7.33. The first-order chi connectivity index (χ1) is 10.6. The lowest BCUT2D eigenvalue weighted by Gasteiger charge is -2.29. The zero-order chi connectivity index (χ0) is 17.6. The van der Waals surface area contributed by atoms with Crippen LogP contribution >= 0.6 is 23.2 Å². The number of nitrogens with one attached hydrogen (secondary N) is 1. The third-order valence-corrected chi connectivity index (χ3v) is 3.74. The third-order valence-electron chi connectivity index (χ3n) is 3.30. The van der Waals surface area contributed by atoms with E-state index >= 15 is 0 Å². The lowest BCUT2D eigenvalue weighted by atomic mass is 9.85. The van der Waals surface area contributed by atoms with E-state index < -0.39 is 18.1 Å². The summed E-state index contributed by atoms with van der Waals surface area (Å²) in [4.78, 5) is 11.9. The van der Waals surface area contributed by atoms with E-state index in [1.807, 2.05) is 20.8 Å². The number of ether oxygens (including phenoxy) is 1. The quantitative estimate of drug-likeness (QED) is 0.695. The Morgan fingerprint density at radius 1 is 1.26 bits per heavy atom. The van der Waals surface area contributed by atoms with Crippen LogP contribution in [-0.2, 0) is 4.79 Å². The molecular formula is C16H23Cl2NO4. The molecule has 5 nitrogen and oxygen atoms in total. The van der Waals surface area contributed by atoms with Crippen LogP contribution in [0, 0.1) is 5.41 Å². The van der Waals surface area contributed by atoms with Gasteiger partial charge in [-0.1, -0.05) is 44.0 Å². The molecule has 130 valence electrons. The summed E-state index contributed by atoms with van der Waals surface area (Å²) < 4.78 is 5.32. The van der Waals surface area contributed by atoms with Gasteiger partial charge in [0, 0.05) is 10.0 Å². The van der Waals surface area contributed by atoms with Gasteiger partial charge in [0.15, 0.2) is 6.61 Å². The van der Waals surface area contributed by atoms with E-state index in [1.54, 1.807) is 18.2 Å². The van der Waals surface area contributed by atoms with Crippen LogP contribution in [-0.4, -0.2) is 41.5 Å². The first-order valence-corrected chi connectivity index (χ1v) is 8.04. The van der Waals surface area contributed by atoms with Crippen molar-refractivity contribution >= 4 is 29.1 Å². The summed E-state index contributed by atoms with van der Waals surface area (Å²) in [5.74, 6) is -0.0193. The maximum Gasteiger partial charge on any atom is 0.258 e. The van der Waals surface area contributed by atoms with Crippen LogP contribution in [0.15, 0.2) is 18.2 Å². The minimum absolute atomic E-state index is 0.237. The van der Waals surface area contributed by atoms with E-state index in [1.165, 1.54) is 0 Å². The molecule has 7 heteroatoms. The summed E-state index contributed by atoms with van der Waals surface area (Å²) in [5, 5.41) is 22.8. The topological polar surface area (TPSA) is 78.8 Å². The first kappa shape index (κ1) is 20.0. The Labute approximate surface area is 146 Å². The third kappa shape index (κ3) is 7.40. The summed E-state index contributed by atoms with van der Waals surface area (Å²) in [6.07, 6.45) is -0.387. The number of halogens is 2. The number of hydrogen-bond donors (Lipinski definition) is 3. The van der Waals surface area contributed by atoms with Crippen LogP contribution in [0.3, 0.4) is 0 Å². The van der Waals surface area contributed by atoms with Crippen molar-refractivity contribution in [2.45, 2.75) is 39.3 Å². The van der Waals surface area contributed by atoms with Crippen molar-refractivity contribution in [3.8, 4) is 5.75 Å². The molecule has 3 N–H and O–H groups in total. The summed E-state index contributed by atoms with van der Waals surface area (Å²) in [5.41, 5.74) is -0.327. The second-order valence-electron chi connectivity index (χ2n) is 6.46. The summed E-state index contributed by atoms with van der Waals surface area (Å²) in [6.45, 7) is 5.17. The number of aliphatic hydroxyl groups excluding tert-OH is 2. The molecule has 1 rings (SSSR count). The van der Waals surface area contributed by atoms with Crippen molar-refractivity contribution in [2.24, 2.45) is 5.41 Å². The van der Waals surface area contributed by atoms with E-state index in [0.29, 0.717) is 15.8 Å². The number of benzene rings is 1. The number of hydrogen-bond acceptors (Lipinski definition) is 4. The Morgan fingerprint density at radius 3 is 2.30 bits per heavy atom. The van der Waals surface area contributed by atoms with Crippen LogP contribution in [0.5, 0.6) is 5.75 Å². The van der Waals surface area contributed by atoms with E-state index in [9.17, 15) is 15.0 Å². The maximum absolute atomic E-state index is 11.9. The zero-order valence-corrected chi connectivity index (χ0v) is 15.0. The van der Waals surface area contributed by atoms with E-state index in [-0.39, 0.29) is 25.0 Å². The van der Waals surface area contributed by atoms with Crippen molar-refractivity contribution in [1.29, 1.82) is 0 Å². The monoisotopic (exact) mass is 363 g/mol. The molecular weight excluding hydrogens is 341 g/mol. The fourth-order valence-corrected chi connectivity index (χ4v) is 2.34. The van der Waals surface area contributed by atoms with Crippen molar-refractivity contribution in [1.82, 2.24) is 5.32 Å². The van der Waals surface area contributed by atoms with Gasteiger partial charge in [0.05, 0.1) is 18.8 Å². The molecule has 1 aromatic carbocycles. The molecule has 0 aliphatic rings. The average molecular weight is 364 g/mol. The molecule has 0 aliphatic carbocycles. The molecule has 0 saturated carbocycles. The van der Waals surface area contributed by atoms with Crippen LogP contribution in [0.4, 0.5) is 0 Å².